The maximum absolute atomic E-state index is 6.09. The fraction of sp³-hybridized carbons (Fsp3) is 0.818. The Balaban J connectivity index is 2.12. The van der Waals surface area contributed by atoms with Crippen molar-refractivity contribution in [1.29, 1.82) is 0 Å². The van der Waals surface area contributed by atoms with Crippen LogP contribution in [-0.2, 0) is 0 Å². The van der Waals surface area contributed by atoms with Crippen molar-refractivity contribution in [3.63, 3.8) is 0 Å². The molecule has 0 bridgehead atoms. The Morgan fingerprint density at radius 2 is 2.25 bits per heavy atom. The highest BCUT2D eigenvalue weighted by molar-refractivity contribution is 7.99. The summed E-state index contributed by atoms with van der Waals surface area (Å²) in [6.07, 6.45) is 1.14. The fourth-order valence-corrected chi connectivity index (χ4v) is 2.87. The summed E-state index contributed by atoms with van der Waals surface area (Å²) in [4.78, 5) is 4.44. The van der Waals surface area contributed by atoms with Gasteiger partial charge in [-0.3, -0.25) is 0 Å². The lowest BCUT2D eigenvalue weighted by molar-refractivity contribution is 0.298. The highest BCUT2D eigenvalue weighted by Gasteiger charge is 2.29. The molecule has 1 aromatic heterocycles. The monoisotopic (exact) mass is 241 g/mol. The lowest BCUT2D eigenvalue weighted by Crippen LogP contribution is -2.27. The molecule has 0 amide bonds. The number of hydrogen-bond acceptors (Lipinski definition) is 5. The molecule has 0 aromatic carbocycles. The van der Waals surface area contributed by atoms with Crippen LogP contribution >= 0.6 is 11.8 Å². The second-order valence-corrected chi connectivity index (χ2v) is 6.54. The molecule has 2 N–H and O–H groups in total. The summed E-state index contributed by atoms with van der Waals surface area (Å²) in [5, 5.41) is 4.01. The Labute approximate surface area is 100 Å². The van der Waals surface area contributed by atoms with Crippen LogP contribution in [0.1, 0.15) is 50.9 Å². The van der Waals surface area contributed by atoms with E-state index >= 15 is 0 Å². The van der Waals surface area contributed by atoms with Gasteiger partial charge in [-0.1, -0.05) is 25.9 Å². The molecule has 1 fully saturated rings. The van der Waals surface area contributed by atoms with E-state index in [0.29, 0.717) is 11.7 Å². The van der Waals surface area contributed by atoms with E-state index in [1.807, 2.05) is 11.8 Å². The third-order valence-electron chi connectivity index (χ3n) is 2.95. The molecule has 2 atom stereocenters. The molecule has 5 heteroatoms. The SMILES string of the molecule is CC(C)(C)C(N)c1noc(C2CCSC2)n1. The Hall–Kier alpha value is -0.550. The minimum Gasteiger partial charge on any atom is -0.339 e. The van der Waals surface area contributed by atoms with Gasteiger partial charge in [0.2, 0.25) is 5.89 Å². The molecule has 0 saturated carbocycles. The summed E-state index contributed by atoms with van der Waals surface area (Å²) in [7, 11) is 0. The molecule has 16 heavy (non-hydrogen) atoms. The summed E-state index contributed by atoms with van der Waals surface area (Å²) < 4.78 is 5.31. The van der Waals surface area contributed by atoms with Gasteiger partial charge in [-0.15, -0.1) is 0 Å². The molecule has 0 aliphatic carbocycles. The predicted molar refractivity (Wildman–Crippen MR) is 65.4 cm³/mol. The van der Waals surface area contributed by atoms with Gasteiger partial charge in [0.15, 0.2) is 5.82 Å². The van der Waals surface area contributed by atoms with Crippen molar-refractivity contribution in [3.05, 3.63) is 11.7 Å². The van der Waals surface area contributed by atoms with Gasteiger partial charge in [0.1, 0.15) is 0 Å². The first-order valence-corrected chi connectivity index (χ1v) is 6.81. The minimum atomic E-state index is -0.168. The maximum atomic E-state index is 6.09. The lowest BCUT2D eigenvalue weighted by atomic mass is 9.87. The van der Waals surface area contributed by atoms with E-state index in [-0.39, 0.29) is 11.5 Å². The van der Waals surface area contributed by atoms with Gasteiger partial charge in [-0.2, -0.15) is 16.7 Å². The van der Waals surface area contributed by atoms with Crippen molar-refractivity contribution in [2.45, 2.75) is 39.2 Å². The minimum absolute atomic E-state index is 0.0361. The van der Waals surface area contributed by atoms with E-state index in [9.17, 15) is 0 Å². The van der Waals surface area contributed by atoms with Crippen LogP contribution in [0.25, 0.3) is 0 Å². The Morgan fingerprint density at radius 3 is 2.81 bits per heavy atom. The van der Waals surface area contributed by atoms with Crippen LogP contribution in [0.15, 0.2) is 4.52 Å². The Kier molecular flexibility index (Phi) is 3.26. The van der Waals surface area contributed by atoms with E-state index in [1.54, 1.807) is 0 Å². The molecular formula is C11H19N3OS. The van der Waals surface area contributed by atoms with E-state index in [2.05, 4.69) is 30.9 Å². The number of nitrogens with two attached hydrogens (primary N) is 1. The van der Waals surface area contributed by atoms with Gasteiger partial charge in [0.05, 0.1) is 6.04 Å². The molecule has 2 rings (SSSR count). The third-order valence-corrected chi connectivity index (χ3v) is 4.11. The van der Waals surface area contributed by atoms with Crippen LogP contribution < -0.4 is 5.73 Å². The quantitative estimate of drug-likeness (QED) is 0.861. The van der Waals surface area contributed by atoms with Crippen LogP contribution in [0.4, 0.5) is 0 Å². The van der Waals surface area contributed by atoms with Crippen LogP contribution in [0.2, 0.25) is 0 Å². The molecule has 2 unspecified atom stereocenters. The first kappa shape index (κ1) is 11.9. The zero-order chi connectivity index (χ0) is 11.8. The molecular weight excluding hydrogens is 222 g/mol. The number of hydrogen-bond donors (Lipinski definition) is 1. The topological polar surface area (TPSA) is 64.9 Å². The largest absolute Gasteiger partial charge is 0.339 e. The maximum Gasteiger partial charge on any atom is 0.230 e. The molecule has 4 nitrogen and oxygen atoms in total. The Bertz CT molecular complexity index is 352. The molecule has 1 saturated heterocycles. The average molecular weight is 241 g/mol. The van der Waals surface area contributed by atoms with E-state index < -0.39 is 0 Å². The number of nitrogens with zero attached hydrogens (tertiary/aromatic N) is 2. The summed E-state index contributed by atoms with van der Waals surface area (Å²) in [5.74, 6) is 4.11. The standard InChI is InChI=1S/C11H19N3OS/c1-11(2,3)8(12)9-13-10(15-14-9)7-4-5-16-6-7/h7-8H,4-6,12H2,1-3H3. The highest BCUT2D eigenvalue weighted by Crippen LogP contribution is 2.33. The van der Waals surface area contributed by atoms with Gasteiger partial charge in [0.25, 0.3) is 0 Å². The summed E-state index contributed by atoms with van der Waals surface area (Å²) in [5.41, 5.74) is 6.06. The first-order valence-electron chi connectivity index (χ1n) is 5.65. The lowest BCUT2D eigenvalue weighted by Gasteiger charge is -2.23. The Morgan fingerprint density at radius 1 is 1.50 bits per heavy atom. The van der Waals surface area contributed by atoms with Crippen molar-refractivity contribution in [1.82, 2.24) is 10.1 Å². The molecule has 0 spiro atoms. The summed E-state index contributed by atoms with van der Waals surface area (Å²) >= 11 is 1.94. The second kappa shape index (κ2) is 4.37. The smallest absolute Gasteiger partial charge is 0.230 e. The van der Waals surface area contributed by atoms with E-state index in [0.717, 1.165) is 18.1 Å². The zero-order valence-electron chi connectivity index (χ0n) is 10.1. The highest BCUT2D eigenvalue weighted by atomic mass is 32.2. The van der Waals surface area contributed by atoms with Gasteiger partial charge in [0, 0.05) is 11.7 Å². The fourth-order valence-electron chi connectivity index (χ4n) is 1.66. The molecule has 1 aromatic rings. The van der Waals surface area contributed by atoms with Gasteiger partial charge < -0.3 is 10.3 Å². The van der Waals surface area contributed by atoms with E-state index in [1.165, 1.54) is 5.75 Å². The summed E-state index contributed by atoms with van der Waals surface area (Å²) in [6.45, 7) is 6.25. The van der Waals surface area contributed by atoms with Crippen LogP contribution in [-0.4, -0.2) is 21.6 Å². The number of aromatic nitrogens is 2. The van der Waals surface area contributed by atoms with Crippen LogP contribution in [0.3, 0.4) is 0 Å². The first-order chi connectivity index (χ1) is 7.48. The molecule has 90 valence electrons. The summed E-state index contributed by atoms with van der Waals surface area (Å²) in [6, 6.07) is -0.168. The third kappa shape index (κ3) is 2.40. The van der Waals surface area contributed by atoms with Gasteiger partial charge in [-0.05, 0) is 17.6 Å². The zero-order valence-corrected chi connectivity index (χ0v) is 10.9. The number of rotatable bonds is 2. The molecule has 1 aliphatic rings. The molecule has 0 radical (unpaired) electrons. The van der Waals surface area contributed by atoms with E-state index in [4.69, 9.17) is 10.3 Å². The van der Waals surface area contributed by atoms with Crippen LogP contribution in [0, 0.1) is 5.41 Å². The molecule has 1 aliphatic heterocycles. The van der Waals surface area contributed by atoms with Crippen molar-refractivity contribution in [2.75, 3.05) is 11.5 Å². The average Bonchev–Trinajstić information content (AvgIpc) is 2.85. The van der Waals surface area contributed by atoms with Crippen LogP contribution in [0.5, 0.6) is 0 Å². The number of thioether (sulfide) groups is 1. The van der Waals surface area contributed by atoms with Crippen molar-refractivity contribution in [2.24, 2.45) is 11.1 Å². The normalized spacial score (nSPS) is 23.6. The van der Waals surface area contributed by atoms with Gasteiger partial charge in [-0.25, -0.2) is 0 Å². The molecule has 2 heterocycles. The predicted octanol–water partition coefficient (Wildman–Crippen LogP) is 2.34. The van der Waals surface area contributed by atoms with Gasteiger partial charge >= 0.3 is 0 Å². The van der Waals surface area contributed by atoms with Crippen molar-refractivity contribution in [3.8, 4) is 0 Å². The second-order valence-electron chi connectivity index (χ2n) is 5.40. The van der Waals surface area contributed by atoms with Crippen molar-refractivity contribution < 1.29 is 4.52 Å². The van der Waals surface area contributed by atoms with Crippen molar-refractivity contribution >= 4 is 11.8 Å².